The number of fused-ring (bicyclic) bond motifs is 1. The van der Waals surface area contributed by atoms with Crippen molar-refractivity contribution in [2.75, 3.05) is 24.6 Å². The first-order valence-corrected chi connectivity index (χ1v) is 7.45. The molecule has 110 valence electrons. The normalized spacial score (nSPS) is 13.7. The minimum atomic E-state index is -0.387. The highest BCUT2D eigenvalue weighted by molar-refractivity contribution is 7.09. The van der Waals surface area contributed by atoms with Crippen molar-refractivity contribution in [3.63, 3.8) is 0 Å². The molecule has 0 bridgehead atoms. The summed E-state index contributed by atoms with van der Waals surface area (Å²) in [5.41, 5.74) is 6.45. The van der Waals surface area contributed by atoms with Gasteiger partial charge in [0.25, 0.3) is 5.91 Å². The number of nitrogens with two attached hydrogens (primary N) is 1. The summed E-state index contributed by atoms with van der Waals surface area (Å²) in [6.45, 7) is 1.25. The molecule has 1 aromatic heterocycles. The summed E-state index contributed by atoms with van der Waals surface area (Å²) < 4.78 is 18.6. The minimum absolute atomic E-state index is 0.203. The van der Waals surface area contributed by atoms with E-state index in [0.717, 1.165) is 5.01 Å². The number of carbonyl (C=O) groups is 1. The van der Waals surface area contributed by atoms with E-state index < -0.39 is 0 Å². The van der Waals surface area contributed by atoms with E-state index in [2.05, 4.69) is 4.98 Å². The molecule has 21 heavy (non-hydrogen) atoms. The summed E-state index contributed by atoms with van der Waals surface area (Å²) in [5, 5.41) is 2.57. The van der Waals surface area contributed by atoms with E-state index in [0.29, 0.717) is 43.2 Å². The fraction of sp³-hybridized carbons (Fsp3) is 0.286. The Balaban J connectivity index is 1.88. The third kappa shape index (κ3) is 2.74. The van der Waals surface area contributed by atoms with Gasteiger partial charge in [-0.25, -0.2) is 9.37 Å². The molecule has 0 atom stereocenters. The molecule has 5 nitrogen and oxygen atoms in total. The smallest absolute Gasteiger partial charge is 0.277 e. The summed E-state index contributed by atoms with van der Waals surface area (Å²) in [5.74, 6) is -0.209. The topological polar surface area (TPSA) is 68.5 Å². The van der Waals surface area contributed by atoms with Gasteiger partial charge in [0.15, 0.2) is 0 Å². The Kier molecular flexibility index (Phi) is 3.85. The molecular formula is C14H14FN3O2S. The fourth-order valence-electron chi connectivity index (χ4n) is 2.19. The van der Waals surface area contributed by atoms with Crippen molar-refractivity contribution in [1.82, 2.24) is 4.98 Å². The van der Waals surface area contributed by atoms with Gasteiger partial charge < -0.3 is 15.4 Å². The molecule has 1 amide bonds. The lowest BCUT2D eigenvalue weighted by atomic mass is 10.2. The summed E-state index contributed by atoms with van der Waals surface area (Å²) >= 11 is 1.42. The van der Waals surface area contributed by atoms with E-state index >= 15 is 0 Å². The first-order chi connectivity index (χ1) is 10.2. The largest absolute Gasteiger partial charge is 0.489 e. The van der Waals surface area contributed by atoms with Crippen LogP contribution in [0.25, 0.3) is 0 Å². The molecule has 1 aromatic carbocycles. The van der Waals surface area contributed by atoms with Gasteiger partial charge in [0.05, 0.1) is 17.2 Å². The second-order valence-corrected chi connectivity index (χ2v) is 5.53. The van der Waals surface area contributed by atoms with E-state index in [4.69, 9.17) is 10.5 Å². The lowest BCUT2D eigenvalue weighted by Crippen LogP contribution is -2.38. The first kappa shape index (κ1) is 14.0. The molecule has 0 radical (unpaired) electrons. The van der Waals surface area contributed by atoms with Gasteiger partial charge in [0.1, 0.15) is 23.9 Å². The predicted octanol–water partition coefficient (Wildman–Crippen LogP) is 1.82. The minimum Gasteiger partial charge on any atom is -0.489 e. The molecule has 0 aliphatic carbocycles. The maximum atomic E-state index is 13.2. The van der Waals surface area contributed by atoms with Gasteiger partial charge in [0.2, 0.25) is 0 Å². The van der Waals surface area contributed by atoms with E-state index in [1.54, 1.807) is 16.3 Å². The standard InChI is InChI=1S/C14H14FN3O2S/c15-9-1-2-11-12(7-9)20-6-5-18(11)14(19)10-8-21-13(17-10)3-4-16/h1-2,7-8H,3-6,16H2. The van der Waals surface area contributed by atoms with Crippen LogP contribution in [0, 0.1) is 5.82 Å². The zero-order chi connectivity index (χ0) is 14.8. The lowest BCUT2D eigenvalue weighted by molar-refractivity contribution is 0.0972. The van der Waals surface area contributed by atoms with Crippen molar-refractivity contribution in [3.8, 4) is 5.75 Å². The van der Waals surface area contributed by atoms with Crippen LogP contribution >= 0.6 is 11.3 Å². The molecular weight excluding hydrogens is 293 g/mol. The van der Waals surface area contributed by atoms with Crippen molar-refractivity contribution in [2.45, 2.75) is 6.42 Å². The molecule has 0 saturated heterocycles. The highest BCUT2D eigenvalue weighted by Gasteiger charge is 2.26. The van der Waals surface area contributed by atoms with Gasteiger partial charge in [-0.3, -0.25) is 4.79 Å². The molecule has 0 spiro atoms. The van der Waals surface area contributed by atoms with Gasteiger partial charge >= 0.3 is 0 Å². The number of aromatic nitrogens is 1. The number of halogens is 1. The van der Waals surface area contributed by atoms with Crippen LogP contribution in [-0.4, -0.2) is 30.6 Å². The summed E-state index contributed by atoms with van der Waals surface area (Å²) in [6.07, 6.45) is 0.656. The summed E-state index contributed by atoms with van der Waals surface area (Å²) in [4.78, 5) is 18.4. The zero-order valence-electron chi connectivity index (χ0n) is 11.2. The van der Waals surface area contributed by atoms with Crippen LogP contribution in [0.15, 0.2) is 23.6 Å². The Bertz CT molecular complexity index is 674. The quantitative estimate of drug-likeness (QED) is 0.939. The Morgan fingerprint density at radius 2 is 2.38 bits per heavy atom. The molecule has 7 heteroatoms. The molecule has 0 saturated carbocycles. The van der Waals surface area contributed by atoms with Crippen molar-refractivity contribution in [1.29, 1.82) is 0 Å². The molecule has 1 aliphatic rings. The highest BCUT2D eigenvalue weighted by atomic mass is 32.1. The zero-order valence-corrected chi connectivity index (χ0v) is 12.0. The fourth-order valence-corrected chi connectivity index (χ4v) is 2.98. The Hall–Kier alpha value is -1.99. The molecule has 0 fully saturated rings. The number of amides is 1. The maximum absolute atomic E-state index is 13.2. The van der Waals surface area contributed by atoms with Gasteiger partial charge in [0, 0.05) is 17.9 Å². The molecule has 2 aromatic rings. The van der Waals surface area contributed by atoms with E-state index in [-0.39, 0.29) is 11.7 Å². The van der Waals surface area contributed by atoms with Crippen LogP contribution in [0.5, 0.6) is 5.75 Å². The predicted molar refractivity (Wildman–Crippen MR) is 78.4 cm³/mol. The van der Waals surface area contributed by atoms with E-state index in [9.17, 15) is 9.18 Å². The van der Waals surface area contributed by atoms with Gasteiger partial charge in [-0.15, -0.1) is 11.3 Å². The van der Waals surface area contributed by atoms with Crippen molar-refractivity contribution >= 4 is 22.9 Å². The average molecular weight is 307 g/mol. The first-order valence-electron chi connectivity index (χ1n) is 6.57. The maximum Gasteiger partial charge on any atom is 0.277 e. The molecule has 3 rings (SSSR count). The van der Waals surface area contributed by atoms with Crippen molar-refractivity contribution in [3.05, 3.63) is 40.1 Å². The number of nitrogens with zero attached hydrogens (tertiary/aromatic N) is 2. The van der Waals surface area contributed by atoms with Gasteiger partial charge in [-0.05, 0) is 18.7 Å². The third-order valence-corrected chi connectivity index (χ3v) is 4.07. The monoisotopic (exact) mass is 307 g/mol. The van der Waals surface area contributed by atoms with Gasteiger partial charge in [-0.1, -0.05) is 0 Å². The van der Waals surface area contributed by atoms with Crippen molar-refractivity contribution in [2.24, 2.45) is 5.73 Å². The number of benzene rings is 1. The highest BCUT2D eigenvalue weighted by Crippen LogP contribution is 2.33. The second kappa shape index (κ2) is 5.79. The molecule has 2 N–H and O–H groups in total. The van der Waals surface area contributed by atoms with Crippen LogP contribution in [0.1, 0.15) is 15.5 Å². The number of thiazole rings is 1. The SMILES string of the molecule is NCCc1nc(C(=O)N2CCOc3cc(F)ccc32)cs1. The number of ether oxygens (including phenoxy) is 1. The van der Waals surface area contributed by atoms with Crippen LogP contribution < -0.4 is 15.4 Å². The number of carbonyl (C=O) groups excluding carboxylic acids is 1. The summed E-state index contributed by atoms with van der Waals surface area (Å²) in [6, 6.07) is 4.15. The number of hydrogen-bond acceptors (Lipinski definition) is 5. The van der Waals surface area contributed by atoms with Crippen molar-refractivity contribution < 1.29 is 13.9 Å². The average Bonchev–Trinajstić information content (AvgIpc) is 2.94. The van der Waals surface area contributed by atoms with E-state index in [1.165, 1.54) is 23.5 Å². The van der Waals surface area contributed by atoms with Crippen LogP contribution in [-0.2, 0) is 6.42 Å². The Morgan fingerprint density at radius 1 is 1.52 bits per heavy atom. The lowest BCUT2D eigenvalue weighted by Gasteiger charge is -2.28. The Morgan fingerprint density at radius 3 is 3.19 bits per heavy atom. The number of hydrogen-bond donors (Lipinski definition) is 1. The Labute approximate surface area is 125 Å². The molecule has 1 aliphatic heterocycles. The summed E-state index contributed by atoms with van der Waals surface area (Å²) in [7, 11) is 0. The molecule has 2 heterocycles. The number of rotatable bonds is 3. The van der Waals surface area contributed by atoms with Crippen LogP contribution in [0.4, 0.5) is 10.1 Å². The third-order valence-electron chi connectivity index (χ3n) is 3.16. The number of anilines is 1. The van der Waals surface area contributed by atoms with Crippen LogP contribution in [0.3, 0.4) is 0 Å². The van der Waals surface area contributed by atoms with Crippen LogP contribution in [0.2, 0.25) is 0 Å². The second-order valence-electron chi connectivity index (χ2n) is 4.58. The molecule has 0 unspecified atom stereocenters. The van der Waals surface area contributed by atoms with Gasteiger partial charge in [-0.2, -0.15) is 0 Å². The van der Waals surface area contributed by atoms with E-state index in [1.807, 2.05) is 0 Å².